The molecule has 0 radical (unpaired) electrons. The van der Waals surface area contributed by atoms with Crippen LogP contribution in [-0.4, -0.2) is 41.6 Å². The van der Waals surface area contributed by atoms with E-state index < -0.39 is 6.04 Å². The van der Waals surface area contributed by atoms with Gasteiger partial charge < -0.3 is 10.2 Å². The molecule has 2 aromatic carbocycles. The Morgan fingerprint density at radius 2 is 1.76 bits per heavy atom. The molecule has 0 saturated carbocycles. The quantitative estimate of drug-likeness (QED) is 0.438. The molecular formula is C24H32N2O2S. The molecule has 5 heteroatoms. The highest BCUT2D eigenvalue weighted by Crippen LogP contribution is 2.19. The predicted molar refractivity (Wildman–Crippen MR) is 121 cm³/mol. The second-order valence-corrected chi connectivity index (χ2v) is 8.29. The van der Waals surface area contributed by atoms with Gasteiger partial charge in [-0.1, -0.05) is 61.4 Å². The third kappa shape index (κ3) is 7.94. The third-order valence-electron chi connectivity index (χ3n) is 4.86. The van der Waals surface area contributed by atoms with Crippen molar-refractivity contribution < 1.29 is 9.59 Å². The van der Waals surface area contributed by atoms with Gasteiger partial charge >= 0.3 is 0 Å². The van der Waals surface area contributed by atoms with Crippen molar-refractivity contribution >= 4 is 23.6 Å². The summed E-state index contributed by atoms with van der Waals surface area (Å²) in [5.41, 5.74) is 2.36. The summed E-state index contributed by atoms with van der Waals surface area (Å²) in [4.78, 5) is 28.4. The number of hydrogen-bond acceptors (Lipinski definition) is 3. The smallest absolute Gasteiger partial charge is 0.242 e. The van der Waals surface area contributed by atoms with Crippen LogP contribution in [0.1, 0.15) is 37.8 Å². The minimum atomic E-state index is -0.485. The molecule has 2 aromatic rings. The fraction of sp³-hybridized carbons (Fsp3) is 0.417. The molecule has 0 aliphatic heterocycles. The summed E-state index contributed by atoms with van der Waals surface area (Å²) < 4.78 is 0. The minimum Gasteiger partial charge on any atom is -0.354 e. The molecule has 0 aliphatic carbocycles. The van der Waals surface area contributed by atoms with E-state index in [0.29, 0.717) is 18.8 Å². The van der Waals surface area contributed by atoms with E-state index in [1.165, 1.54) is 17.3 Å². The van der Waals surface area contributed by atoms with E-state index in [2.05, 4.69) is 24.4 Å². The van der Waals surface area contributed by atoms with Gasteiger partial charge in [-0.25, -0.2) is 0 Å². The van der Waals surface area contributed by atoms with Gasteiger partial charge in [0.15, 0.2) is 0 Å². The third-order valence-corrected chi connectivity index (χ3v) is 5.86. The molecule has 0 fully saturated rings. The van der Waals surface area contributed by atoms with E-state index in [4.69, 9.17) is 0 Å². The van der Waals surface area contributed by atoms with Gasteiger partial charge in [0.25, 0.3) is 0 Å². The zero-order valence-electron chi connectivity index (χ0n) is 17.7. The number of nitrogens with zero attached hydrogens (tertiary/aromatic N) is 1. The first-order valence-corrected chi connectivity index (χ1v) is 11.3. The number of thioether (sulfide) groups is 1. The van der Waals surface area contributed by atoms with E-state index >= 15 is 0 Å². The second-order valence-electron chi connectivity index (χ2n) is 7.25. The van der Waals surface area contributed by atoms with Crippen molar-refractivity contribution in [3.63, 3.8) is 0 Å². The van der Waals surface area contributed by atoms with Crippen LogP contribution in [0, 0.1) is 6.92 Å². The van der Waals surface area contributed by atoms with Crippen LogP contribution in [0.15, 0.2) is 59.5 Å². The fourth-order valence-corrected chi connectivity index (χ4v) is 3.75. The molecule has 156 valence electrons. The number of amides is 2. The summed E-state index contributed by atoms with van der Waals surface area (Å²) in [6.45, 7) is 7.14. The highest BCUT2D eigenvalue weighted by atomic mass is 32.2. The lowest BCUT2D eigenvalue weighted by atomic mass is 10.1. The zero-order chi connectivity index (χ0) is 21.1. The molecule has 0 bridgehead atoms. The van der Waals surface area contributed by atoms with Crippen LogP contribution >= 0.6 is 11.8 Å². The number of carbonyl (C=O) groups excluding carboxylic acids is 2. The Balaban J connectivity index is 2.01. The molecule has 0 aromatic heterocycles. The molecule has 4 nitrogen and oxygen atoms in total. The van der Waals surface area contributed by atoms with Crippen molar-refractivity contribution in [2.75, 3.05) is 18.8 Å². The van der Waals surface area contributed by atoms with Gasteiger partial charge in [-0.3, -0.25) is 9.59 Å². The molecule has 0 heterocycles. The van der Waals surface area contributed by atoms with E-state index in [0.717, 1.165) is 29.7 Å². The highest BCUT2D eigenvalue weighted by Gasteiger charge is 2.25. The minimum absolute atomic E-state index is 0.00959. The molecule has 2 amide bonds. The van der Waals surface area contributed by atoms with E-state index in [1.54, 1.807) is 4.90 Å². The SMILES string of the molecule is CCCCNC(=O)C(C)N(CCc1ccccc1)C(=O)CSc1ccc(C)cc1. The number of nitrogens with one attached hydrogen (secondary N) is 1. The van der Waals surface area contributed by atoms with Crippen molar-refractivity contribution in [2.45, 2.75) is 51.0 Å². The maximum absolute atomic E-state index is 13.0. The normalized spacial score (nSPS) is 11.7. The highest BCUT2D eigenvalue weighted by molar-refractivity contribution is 8.00. The lowest BCUT2D eigenvalue weighted by molar-refractivity contribution is -0.137. The van der Waals surface area contributed by atoms with Crippen LogP contribution in [-0.2, 0) is 16.0 Å². The van der Waals surface area contributed by atoms with Crippen LogP contribution < -0.4 is 5.32 Å². The molecule has 1 atom stereocenters. The van der Waals surface area contributed by atoms with Crippen LogP contribution in [0.3, 0.4) is 0 Å². The Bertz CT molecular complexity index is 762. The number of aryl methyl sites for hydroxylation is 1. The lowest BCUT2D eigenvalue weighted by Crippen LogP contribution is -2.49. The Hall–Kier alpha value is -2.27. The molecule has 1 N–H and O–H groups in total. The van der Waals surface area contributed by atoms with Gasteiger partial charge in [0.05, 0.1) is 5.75 Å². The first-order valence-electron chi connectivity index (χ1n) is 10.3. The van der Waals surface area contributed by atoms with Crippen molar-refractivity contribution in [1.82, 2.24) is 10.2 Å². The van der Waals surface area contributed by atoms with Crippen LogP contribution in [0.5, 0.6) is 0 Å². The Morgan fingerprint density at radius 3 is 2.41 bits per heavy atom. The standard InChI is InChI=1S/C24H32N2O2S/c1-4-5-16-25-24(28)20(3)26(17-15-21-9-7-6-8-10-21)23(27)18-29-22-13-11-19(2)12-14-22/h6-14,20H,4-5,15-18H2,1-3H3,(H,25,28). The summed E-state index contributed by atoms with van der Waals surface area (Å²) in [5.74, 6) is 0.231. The summed E-state index contributed by atoms with van der Waals surface area (Å²) in [6, 6.07) is 17.7. The molecule has 2 rings (SSSR count). The molecule has 0 aliphatic rings. The summed E-state index contributed by atoms with van der Waals surface area (Å²) in [6.07, 6.45) is 2.70. The topological polar surface area (TPSA) is 49.4 Å². The molecular weight excluding hydrogens is 380 g/mol. The largest absolute Gasteiger partial charge is 0.354 e. The monoisotopic (exact) mass is 412 g/mol. The maximum Gasteiger partial charge on any atom is 0.242 e. The van der Waals surface area contributed by atoms with Crippen molar-refractivity contribution in [1.29, 1.82) is 0 Å². The first kappa shape index (κ1) is 23.0. The van der Waals surface area contributed by atoms with Gasteiger partial charge in [0.1, 0.15) is 6.04 Å². The van der Waals surface area contributed by atoms with Crippen LogP contribution in [0.25, 0.3) is 0 Å². The average molecular weight is 413 g/mol. The van der Waals surface area contributed by atoms with Crippen molar-refractivity contribution in [3.05, 3.63) is 65.7 Å². The number of hydrogen-bond donors (Lipinski definition) is 1. The van der Waals surface area contributed by atoms with Gasteiger partial charge in [0, 0.05) is 18.0 Å². The summed E-state index contributed by atoms with van der Waals surface area (Å²) in [5, 5.41) is 2.96. The summed E-state index contributed by atoms with van der Waals surface area (Å²) >= 11 is 1.51. The number of carbonyl (C=O) groups is 2. The molecule has 0 saturated heterocycles. The number of benzene rings is 2. The van der Waals surface area contributed by atoms with E-state index in [9.17, 15) is 9.59 Å². The van der Waals surface area contributed by atoms with E-state index in [1.807, 2.05) is 56.3 Å². The van der Waals surface area contributed by atoms with Crippen molar-refractivity contribution in [2.24, 2.45) is 0 Å². The van der Waals surface area contributed by atoms with Crippen LogP contribution in [0.4, 0.5) is 0 Å². The first-order chi connectivity index (χ1) is 14.0. The lowest BCUT2D eigenvalue weighted by Gasteiger charge is -2.28. The maximum atomic E-state index is 13.0. The van der Waals surface area contributed by atoms with Gasteiger partial charge in [-0.05, 0) is 44.4 Å². The van der Waals surface area contributed by atoms with Crippen molar-refractivity contribution in [3.8, 4) is 0 Å². The number of rotatable bonds is 11. The Kier molecular flexibility index (Phi) is 9.78. The second kappa shape index (κ2) is 12.3. The molecule has 29 heavy (non-hydrogen) atoms. The summed E-state index contributed by atoms with van der Waals surface area (Å²) in [7, 11) is 0. The molecule has 0 spiro atoms. The van der Waals surface area contributed by atoms with Gasteiger partial charge in [-0.15, -0.1) is 11.8 Å². The average Bonchev–Trinajstić information content (AvgIpc) is 2.74. The molecule has 1 unspecified atom stereocenters. The Labute approximate surface area is 179 Å². The van der Waals surface area contributed by atoms with E-state index in [-0.39, 0.29) is 11.8 Å². The van der Waals surface area contributed by atoms with Crippen LogP contribution in [0.2, 0.25) is 0 Å². The fourth-order valence-electron chi connectivity index (χ4n) is 2.97. The zero-order valence-corrected chi connectivity index (χ0v) is 18.5. The van der Waals surface area contributed by atoms with Gasteiger partial charge in [-0.2, -0.15) is 0 Å². The number of unbranched alkanes of at least 4 members (excludes halogenated alkanes) is 1. The Morgan fingerprint density at radius 1 is 1.07 bits per heavy atom. The predicted octanol–water partition coefficient (Wildman–Crippen LogP) is 4.46. The van der Waals surface area contributed by atoms with Gasteiger partial charge in [0.2, 0.25) is 11.8 Å².